The Hall–Kier alpha value is -3.20. The Bertz CT molecular complexity index is 946. The number of carbonyl (C=O) groups excluding carboxylic acids is 2. The van der Waals surface area contributed by atoms with Crippen LogP contribution >= 0.6 is 11.3 Å². The van der Waals surface area contributed by atoms with Gasteiger partial charge in [-0.15, -0.1) is 0 Å². The highest BCUT2D eigenvalue weighted by atomic mass is 32.1. The van der Waals surface area contributed by atoms with Crippen LogP contribution < -0.4 is 10.6 Å². The molecule has 0 saturated heterocycles. The summed E-state index contributed by atoms with van der Waals surface area (Å²) in [7, 11) is 0. The van der Waals surface area contributed by atoms with E-state index in [1.165, 1.54) is 0 Å². The Kier molecular flexibility index (Phi) is 5.51. The molecule has 0 atom stereocenters. The standard InChI is InChI=1S/C18H18N4O4S/c1-4-25-18(24)21-17-19-14(12-8-6-5-7-9-12)16(27-17)20-15(23)13-10(2)22-26-11(13)3/h5-9H,4H2,1-3H3,(H,20,23)(H,19,21,24). The minimum atomic E-state index is -0.602. The minimum Gasteiger partial charge on any atom is -0.450 e. The molecule has 0 unspecified atom stereocenters. The Morgan fingerprint density at radius 2 is 1.93 bits per heavy atom. The Morgan fingerprint density at radius 1 is 1.19 bits per heavy atom. The van der Waals surface area contributed by atoms with Crippen molar-refractivity contribution in [1.82, 2.24) is 10.1 Å². The van der Waals surface area contributed by atoms with Gasteiger partial charge in [-0.05, 0) is 20.8 Å². The van der Waals surface area contributed by atoms with Gasteiger partial charge < -0.3 is 14.6 Å². The molecule has 140 valence electrons. The van der Waals surface area contributed by atoms with E-state index >= 15 is 0 Å². The summed E-state index contributed by atoms with van der Waals surface area (Å²) >= 11 is 1.14. The molecule has 1 aromatic carbocycles. The molecule has 27 heavy (non-hydrogen) atoms. The van der Waals surface area contributed by atoms with Crippen molar-refractivity contribution in [3.8, 4) is 11.3 Å². The highest BCUT2D eigenvalue weighted by Crippen LogP contribution is 2.36. The number of hydrogen-bond acceptors (Lipinski definition) is 7. The fraction of sp³-hybridized carbons (Fsp3) is 0.222. The quantitative estimate of drug-likeness (QED) is 0.679. The number of hydrogen-bond donors (Lipinski definition) is 2. The van der Waals surface area contributed by atoms with Gasteiger partial charge in [-0.3, -0.25) is 10.1 Å². The zero-order chi connectivity index (χ0) is 19.4. The summed E-state index contributed by atoms with van der Waals surface area (Å²) in [5, 5.41) is 10.0. The lowest BCUT2D eigenvalue weighted by Gasteiger charge is -2.04. The molecule has 8 nitrogen and oxygen atoms in total. The second-order valence-electron chi connectivity index (χ2n) is 5.56. The highest BCUT2D eigenvalue weighted by molar-refractivity contribution is 7.20. The number of nitrogens with zero attached hydrogens (tertiary/aromatic N) is 2. The third-order valence-electron chi connectivity index (χ3n) is 3.65. The van der Waals surface area contributed by atoms with Crippen molar-refractivity contribution in [3.63, 3.8) is 0 Å². The fourth-order valence-corrected chi connectivity index (χ4v) is 3.35. The van der Waals surface area contributed by atoms with Crippen LogP contribution in [0, 0.1) is 13.8 Å². The van der Waals surface area contributed by atoms with Crippen molar-refractivity contribution in [2.45, 2.75) is 20.8 Å². The molecule has 2 N–H and O–H groups in total. The summed E-state index contributed by atoms with van der Waals surface area (Å²) in [4.78, 5) is 28.8. The molecular weight excluding hydrogens is 368 g/mol. The molecule has 0 aliphatic heterocycles. The molecule has 2 aromatic heterocycles. The number of aryl methyl sites for hydroxylation is 2. The van der Waals surface area contributed by atoms with Crippen LogP contribution in [0.5, 0.6) is 0 Å². The molecule has 0 aliphatic carbocycles. The summed E-state index contributed by atoms with van der Waals surface area (Å²) in [6.07, 6.45) is -0.602. The van der Waals surface area contributed by atoms with Crippen molar-refractivity contribution in [2.75, 3.05) is 17.2 Å². The second kappa shape index (κ2) is 8.00. The van der Waals surface area contributed by atoms with Gasteiger partial charge in [-0.25, -0.2) is 9.78 Å². The van der Waals surface area contributed by atoms with E-state index in [9.17, 15) is 9.59 Å². The molecule has 0 fully saturated rings. The molecule has 3 aromatic rings. The van der Waals surface area contributed by atoms with Gasteiger partial charge in [0, 0.05) is 5.56 Å². The highest BCUT2D eigenvalue weighted by Gasteiger charge is 2.22. The summed E-state index contributed by atoms with van der Waals surface area (Å²) in [5.74, 6) is 0.0791. The first-order valence-electron chi connectivity index (χ1n) is 8.23. The minimum absolute atomic E-state index is 0.248. The van der Waals surface area contributed by atoms with Gasteiger partial charge >= 0.3 is 6.09 Å². The molecule has 9 heteroatoms. The largest absolute Gasteiger partial charge is 0.450 e. The van der Waals surface area contributed by atoms with Crippen LogP contribution in [0.3, 0.4) is 0 Å². The lowest BCUT2D eigenvalue weighted by Crippen LogP contribution is -2.13. The topological polar surface area (TPSA) is 106 Å². The van der Waals surface area contributed by atoms with Crippen molar-refractivity contribution in [1.29, 1.82) is 0 Å². The second-order valence-corrected chi connectivity index (χ2v) is 6.56. The Labute approximate surface area is 159 Å². The predicted molar refractivity (Wildman–Crippen MR) is 102 cm³/mol. The SMILES string of the molecule is CCOC(=O)Nc1nc(-c2ccccc2)c(NC(=O)c2c(C)noc2C)s1. The summed E-state index contributed by atoms with van der Waals surface area (Å²) in [5.41, 5.74) is 2.23. The maximum Gasteiger partial charge on any atom is 0.413 e. The monoisotopic (exact) mass is 386 g/mol. The molecule has 2 amide bonds. The average molecular weight is 386 g/mol. The first-order valence-corrected chi connectivity index (χ1v) is 9.05. The average Bonchev–Trinajstić information content (AvgIpc) is 3.18. The first kappa shape index (κ1) is 18.6. The van der Waals surface area contributed by atoms with Crippen LogP contribution in [0.4, 0.5) is 14.9 Å². The number of rotatable bonds is 5. The summed E-state index contributed by atoms with van der Waals surface area (Å²) in [6, 6.07) is 9.36. The molecule has 0 spiro atoms. The molecule has 3 rings (SSSR count). The smallest absolute Gasteiger partial charge is 0.413 e. The third kappa shape index (κ3) is 4.14. The molecule has 0 saturated carbocycles. The molecule has 2 heterocycles. The molecule has 0 aliphatic rings. The van der Waals surface area contributed by atoms with E-state index < -0.39 is 6.09 Å². The number of anilines is 2. The normalized spacial score (nSPS) is 10.5. The van der Waals surface area contributed by atoms with Gasteiger partial charge in [0.2, 0.25) is 0 Å². The van der Waals surface area contributed by atoms with Crippen molar-refractivity contribution in [2.24, 2.45) is 0 Å². The maximum atomic E-state index is 12.7. The molecule has 0 bridgehead atoms. The van der Waals surface area contributed by atoms with Gasteiger partial charge in [-0.1, -0.05) is 46.8 Å². The van der Waals surface area contributed by atoms with Crippen LogP contribution in [-0.2, 0) is 4.74 Å². The number of thiazole rings is 1. The predicted octanol–water partition coefficient (Wildman–Crippen LogP) is 4.24. The number of aromatic nitrogens is 2. The van der Waals surface area contributed by atoms with E-state index in [4.69, 9.17) is 9.26 Å². The van der Waals surface area contributed by atoms with Crippen LogP contribution in [0.2, 0.25) is 0 Å². The van der Waals surface area contributed by atoms with E-state index in [0.717, 1.165) is 16.9 Å². The van der Waals surface area contributed by atoms with Gasteiger partial charge in [0.1, 0.15) is 22.0 Å². The van der Waals surface area contributed by atoms with Crippen molar-refractivity contribution < 1.29 is 18.8 Å². The Morgan fingerprint density at radius 3 is 2.56 bits per heavy atom. The number of nitrogens with one attached hydrogen (secondary N) is 2. The van der Waals surface area contributed by atoms with Gasteiger partial charge in [0.25, 0.3) is 5.91 Å². The van der Waals surface area contributed by atoms with Crippen LogP contribution in [0.25, 0.3) is 11.3 Å². The summed E-state index contributed by atoms with van der Waals surface area (Å²) < 4.78 is 9.94. The molecule has 0 radical (unpaired) electrons. The number of amides is 2. The maximum absolute atomic E-state index is 12.7. The van der Waals surface area contributed by atoms with Crippen LogP contribution in [0.1, 0.15) is 28.7 Å². The number of benzene rings is 1. The van der Waals surface area contributed by atoms with E-state index in [1.54, 1.807) is 20.8 Å². The van der Waals surface area contributed by atoms with Gasteiger partial charge in [0.15, 0.2) is 5.13 Å². The number of ether oxygens (including phenoxy) is 1. The lowest BCUT2D eigenvalue weighted by atomic mass is 10.1. The van der Waals surface area contributed by atoms with E-state index in [1.807, 2.05) is 30.3 Å². The van der Waals surface area contributed by atoms with Crippen LogP contribution in [-0.4, -0.2) is 28.7 Å². The van der Waals surface area contributed by atoms with Crippen molar-refractivity contribution >= 4 is 33.5 Å². The van der Waals surface area contributed by atoms with E-state index in [0.29, 0.717) is 32.8 Å². The Balaban J connectivity index is 1.93. The van der Waals surface area contributed by atoms with E-state index in [2.05, 4.69) is 20.8 Å². The van der Waals surface area contributed by atoms with Gasteiger partial charge in [-0.2, -0.15) is 0 Å². The zero-order valence-corrected chi connectivity index (χ0v) is 15.8. The number of carbonyl (C=O) groups is 2. The van der Waals surface area contributed by atoms with Crippen LogP contribution in [0.15, 0.2) is 34.9 Å². The summed E-state index contributed by atoms with van der Waals surface area (Å²) in [6.45, 7) is 5.34. The van der Waals surface area contributed by atoms with Gasteiger partial charge in [0.05, 0.1) is 12.3 Å². The van der Waals surface area contributed by atoms with Crippen molar-refractivity contribution in [3.05, 3.63) is 47.3 Å². The third-order valence-corrected chi connectivity index (χ3v) is 4.53. The lowest BCUT2D eigenvalue weighted by molar-refractivity contribution is 0.102. The zero-order valence-electron chi connectivity index (χ0n) is 15.0. The van der Waals surface area contributed by atoms with E-state index in [-0.39, 0.29) is 12.5 Å². The first-order chi connectivity index (χ1) is 13.0. The molecular formula is C18H18N4O4S. The fourth-order valence-electron chi connectivity index (χ4n) is 2.48.